The molecule has 0 amide bonds. The number of nitrogens with zero attached hydrogens (tertiary/aromatic N) is 5. The van der Waals surface area contributed by atoms with Crippen molar-refractivity contribution in [3.8, 4) is 0 Å². The predicted molar refractivity (Wildman–Crippen MR) is 191 cm³/mol. The maximum absolute atomic E-state index is 16.4. The SMILES string of the molecule is C=C[C@H]1Nc2ncnc3c2cc(C2CCN(C(C)C)CC2)c(=O)n3CCCCCCCN2C(C)CC(CC2C)C(F)(F)c2cccc1c2F. The van der Waals surface area contributed by atoms with Gasteiger partial charge in [0.25, 0.3) is 11.5 Å². The molecule has 2 unspecified atom stereocenters. The Balaban J connectivity index is 1.42. The Morgan fingerprint density at radius 2 is 1.63 bits per heavy atom. The number of fused-ring (bicyclic) bond motifs is 9. The fourth-order valence-corrected chi connectivity index (χ4v) is 8.68. The van der Waals surface area contributed by atoms with Gasteiger partial charge in [0.1, 0.15) is 23.6 Å². The zero-order valence-electron chi connectivity index (χ0n) is 29.6. The lowest BCUT2D eigenvalue weighted by Gasteiger charge is -2.45. The van der Waals surface area contributed by atoms with Crippen molar-refractivity contribution in [1.82, 2.24) is 24.3 Å². The monoisotopic (exact) mass is 678 g/mol. The van der Waals surface area contributed by atoms with Crippen molar-refractivity contribution >= 4 is 16.9 Å². The second kappa shape index (κ2) is 14.9. The number of hydrogen-bond acceptors (Lipinski definition) is 6. The molecule has 49 heavy (non-hydrogen) atoms. The Hall–Kier alpha value is -3.24. The predicted octanol–water partition coefficient (Wildman–Crippen LogP) is 8.40. The summed E-state index contributed by atoms with van der Waals surface area (Å²) in [4.78, 5) is 28.1. The van der Waals surface area contributed by atoms with Crippen LogP contribution in [-0.4, -0.2) is 62.1 Å². The van der Waals surface area contributed by atoms with E-state index in [0.717, 1.165) is 70.1 Å². The van der Waals surface area contributed by atoms with Gasteiger partial charge in [-0.15, -0.1) is 6.58 Å². The Kier molecular flexibility index (Phi) is 10.8. The minimum Gasteiger partial charge on any atom is -0.359 e. The Labute approximate surface area is 289 Å². The summed E-state index contributed by atoms with van der Waals surface area (Å²) in [5.74, 6) is -4.71. The summed E-state index contributed by atoms with van der Waals surface area (Å²) in [6, 6.07) is 5.74. The normalized spacial score (nSPS) is 27.6. The molecule has 0 aliphatic carbocycles. The summed E-state index contributed by atoms with van der Waals surface area (Å²) in [6.45, 7) is 15.6. The largest absolute Gasteiger partial charge is 0.359 e. The van der Waals surface area contributed by atoms with Crippen LogP contribution in [0.2, 0.25) is 0 Å². The number of piperidine rings is 2. The van der Waals surface area contributed by atoms with Gasteiger partial charge in [-0.3, -0.25) is 14.3 Å². The van der Waals surface area contributed by atoms with Gasteiger partial charge >= 0.3 is 0 Å². The van der Waals surface area contributed by atoms with Gasteiger partial charge in [0, 0.05) is 41.7 Å². The standard InChI is InChI=1S/C39H53F3N6O/c1-6-34-30-13-12-14-33(35(30)40)39(41,42)29-21-26(4)47(27(5)22-29)17-10-8-7-9-11-18-48-37-32(36(45-34)43-24-44-37)23-31(38(48)49)28-15-19-46(20-16-28)25(2)3/h6,12-14,23-29,34H,1,7-11,15-22H2,2-5H3,(H,43,44,45)/t26?,27?,29?,34-/m1/s1. The topological polar surface area (TPSA) is 66.3 Å². The average Bonchev–Trinajstić information content (AvgIpc) is 3.08. The molecular weight excluding hydrogens is 625 g/mol. The molecule has 6 heterocycles. The molecule has 8 bridgehead atoms. The van der Waals surface area contributed by atoms with Crippen LogP contribution in [0.4, 0.5) is 19.0 Å². The molecular formula is C39H53F3N6O. The van der Waals surface area contributed by atoms with Crippen LogP contribution in [0.5, 0.6) is 0 Å². The van der Waals surface area contributed by atoms with Gasteiger partial charge in [-0.1, -0.05) is 43.5 Å². The van der Waals surface area contributed by atoms with E-state index in [1.807, 2.05) is 19.9 Å². The van der Waals surface area contributed by atoms with Gasteiger partial charge in [0.15, 0.2) is 0 Å². The number of rotatable bonds is 3. The van der Waals surface area contributed by atoms with E-state index in [1.54, 1.807) is 4.57 Å². The Morgan fingerprint density at radius 3 is 2.31 bits per heavy atom. The number of anilines is 1. The minimum atomic E-state index is -3.34. The van der Waals surface area contributed by atoms with Crippen LogP contribution in [0.3, 0.4) is 0 Å². The van der Waals surface area contributed by atoms with Gasteiger partial charge in [-0.2, -0.15) is 0 Å². The Morgan fingerprint density at radius 1 is 0.959 bits per heavy atom. The van der Waals surface area contributed by atoms with E-state index >= 15 is 13.2 Å². The average molecular weight is 679 g/mol. The molecule has 1 aromatic carbocycles. The van der Waals surface area contributed by atoms with Crippen LogP contribution < -0.4 is 10.9 Å². The zero-order chi connectivity index (χ0) is 34.9. The highest BCUT2D eigenvalue weighted by atomic mass is 19.3. The van der Waals surface area contributed by atoms with E-state index in [4.69, 9.17) is 0 Å². The van der Waals surface area contributed by atoms with Gasteiger partial charge in [0.2, 0.25) is 0 Å². The maximum atomic E-state index is 16.4. The van der Waals surface area contributed by atoms with Crippen LogP contribution in [-0.2, 0) is 12.5 Å². The molecule has 2 aromatic heterocycles. The molecule has 10 heteroatoms. The van der Waals surface area contributed by atoms with Crippen molar-refractivity contribution in [3.05, 3.63) is 76.1 Å². The minimum absolute atomic E-state index is 0.00801. The van der Waals surface area contributed by atoms with Crippen molar-refractivity contribution < 1.29 is 13.2 Å². The number of halogens is 3. The number of pyridine rings is 1. The van der Waals surface area contributed by atoms with Gasteiger partial charge in [-0.25, -0.2) is 23.1 Å². The van der Waals surface area contributed by atoms with Crippen molar-refractivity contribution in [2.45, 2.75) is 128 Å². The van der Waals surface area contributed by atoms with Crippen LogP contribution in [0.1, 0.15) is 114 Å². The Bertz CT molecular complexity index is 1670. The number of nitrogens with one attached hydrogen (secondary N) is 1. The number of alkyl halides is 2. The summed E-state index contributed by atoms with van der Waals surface area (Å²) in [5.41, 5.74) is 0.777. The van der Waals surface area contributed by atoms with E-state index in [0.29, 0.717) is 42.3 Å². The molecule has 3 atom stereocenters. The third kappa shape index (κ3) is 7.18. The van der Waals surface area contributed by atoms with Gasteiger partial charge < -0.3 is 10.2 Å². The summed E-state index contributed by atoms with van der Waals surface area (Å²) < 4.78 is 50.8. The highest BCUT2D eigenvalue weighted by molar-refractivity contribution is 5.87. The highest BCUT2D eigenvalue weighted by Crippen LogP contribution is 2.46. The van der Waals surface area contributed by atoms with Crippen molar-refractivity contribution in [2.75, 3.05) is 25.0 Å². The van der Waals surface area contributed by atoms with E-state index in [2.05, 4.69) is 45.5 Å². The number of benzene rings is 1. The first-order valence-electron chi connectivity index (χ1n) is 18.4. The first-order chi connectivity index (χ1) is 23.5. The van der Waals surface area contributed by atoms with E-state index in [9.17, 15) is 4.79 Å². The molecule has 2 fully saturated rings. The van der Waals surface area contributed by atoms with E-state index in [-0.39, 0.29) is 29.1 Å². The lowest BCUT2D eigenvalue weighted by Crippen LogP contribution is -2.50. The molecule has 7 rings (SSSR count). The molecule has 7 nitrogen and oxygen atoms in total. The van der Waals surface area contributed by atoms with Crippen molar-refractivity contribution in [1.29, 1.82) is 0 Å². The molecule has 4 aliphatic heterocycles. The summed E-state index contributed by atoms with van der Waals surface area (Å²) in [5, 5.41) is 3.97. The molecule has 1 N–H and O–H groups in total. The molecule has 0 saturated carbocycles. The quantitative estimate of drug-likeness (QED) is 0.281. The molecule has 0 radical (unpaired) electrons. The van der Waals surface area contributed by atoms with Gasteiger partial charge in [0.05, 0.1) is 17.0 Å². The van der Waals surface area contributed by atoms with Crippen LogP contribution in [0.15, 0.2) is 48.0 Å². The molecule has 2 saturated heterocycles. The molecule has 4 aliphatic rings. The highest BCUT2D eigenvalue weighted by Gasteiger charge is 2.48. The summed E-state index contributed by atoms with van der Waals surface area (Å²) in [6.07, 6.45) is 10.2. The third-order valence-electron chi connectivity index (χ3n) is 11.6. The first kappa shape index (κ1) is 35.6. The lowest BCUT2D eigenvalue weighted by molar-refractivity contribution is -0.107. The third-order valence-corrected chi connectivity index (χ3v) is 11.6. The maximum Gasteiger partial charge on any atom is 0.278 e. The van der Waals surface area contributed by atoms with E-state index < -0.39 is 29.3 Å². The van der Waals surface area contributed by atoms with Crippen LogP contribution >= 0.6 is 0 Å². The molecule has 0 spiro atoms. The smallest absolute Gasteiger partial charge is 0.278 e. The first-order valence-corrected chi connectivity index (χ1v) is 18.4. The zero-order valence-corrected chi connectivity index (χ0v) is 29.6. The van der Waals surface area contributed by atoms with Crippen LogP contribution in [0, 0.1) is 11.7 Å². The fraction of sp³-hybridized carbons (Fsp3) is 0.615. The number of aryl methyl sites for hydroxylation is 1. The number of hydrogen-bond donors (Lipinski definition) is 1. The molecule has 266 valence electrons. The number of aromatic nitrogens is 3. The van der Waals surface area contributed by atoms with E-state index in [1.165, 1.54) is 30.6 Å². The number of likely N-dealkylation sites (tertiary alicyclic amines) is 1. The lowest BCUT2D eigenvalue weighted by atomic mass is 9.79. The second-order valence-corrected chi connectivity index (χ2v) is 15.0. The van der Waals surface area contributed by atoms with Gasteiger partial charge in [-0.05, 0) is 97.8 Å². The fourth-order valence-electron chi connectivity index (χ4n) is 8.68. The van der Waals surface area contributed by atoms with Crippen molar-refractivity contribution in [2.24, 2.45) is 5.92 Å². The summed E-state index contributed by atoms with van der Waals surface area (Å²) in [7, 11) is 0. The molecule has 3 aromatic rings. The van der Waals surface area contributed by atoms with Crippen molar-refractivity contribution in [3.63, 3.8) is 0 Å². The second-order valence-electron chi connectivity index (χ2n) is 15.0. The summed E-state index contributed by atoms with van der Waals surface area (Å²) >= 11 is 0. The van der Waals surface area contributed by atoms with Crippen LogP contribution in [0.25, 0.3) is 11.0 Å².